The summed E-state index contributed by atoms with van der Waals surface area (Å²) in [6.45, 7) is 0. The number of aromatic nitrogens is 3. The first-order valence-corrected chi connectivity index (χ1v) is 21.1. The van der Waals surface area contributed by atoms with Gasteiger partial charge in [-0.2, -0.15) is 0 Å². The van der Waals surface area contributed by atoms with E-state index in [-0.39, 0.29) is 11.3 Å². The van der Waals surface area contributed by atoms with E-state index in [1.807, 2.05) is 79.0 Å². The van der Waals surface area contributed by atoms with Crippen molar-refractivity contribution < 1.29 is 42.2 Å². The Morgan fingerprint density at radius 3 is 1.49 bits per heavy atom. The molecule has 57 heavy (non-hydrogen) atoms. The molecule has 0 saturated heterocycles. The fourth-order valence-electron chi connectivity index (χ4n) is 4.58. The van der Waals surface area contributed by atoms with Crippen molar-refractivity contribution in [1.29, 1.82) is 0 Å². The number of halogens is 3. The van der Waals surface area contributed by atoms with E-state index < -0.39 is 14.2 Å². The predicted molar refractivity (Wildman–Crippen MR) is 235 cm³/mol. The van der Waals surface area contributed by atoms with Crippen LogP contribution in [0.3, 0.4) is 0 Å². The summed E-state index contributed by atoms with van der Waals surface area (Å²) < 4.78 is 29.0. The Hall–Kier alpha value is -4.34. The van der Waals surface area contributed by atoms with Gasteiger partial charge in [-0.1, -0.05) is 36.4 Å². The van der Waals surface area contributed by atoms with Crippen LogP contribution in [0.5, 0.6) is 0 Å². The second-order valence-corrected chi connectivity index (χ2v) is 18.1. The summed E-state index contributed by atoms with van der Waals surface area (Å²) >= 11 is 14.5. The molecule has 0 amide bonds. The highest BCUT2D eigenvalue weighted by Gasteiger charge is 2.16. The molecule has 0 aliphatic carbocycles. The maximum absolute atomic E-state index is 8.79. The number of benzene rings is 2. The van der Waals surface area contributed by atoms with Gasteiger partial charge in [0.05, 0.1) is 43.6 Å². The first-order chi connectivity index (χ1) is 27.6. The smallest absolute Gasteiger partial charge is 0.473 e. The minimum Gasteiger partial charge on any atom is -0.473 e. The van der Waals surface area contributed by atoms with Gasteiger partial charge >= 0.3 is 14.2 Å². The normalized spacial score (nSPS) is 10.4. The Kier molecular flexibility index (Phi) is 15.5. The zero-order valence-corrected chi connectivity index (χ0v) is 36.1. The van der Waals surface area contributed by atoms with E-state index in [4.69, 9.17) is 37.8 Å². The molecule has 12 nitrogen and oxygen atoms in total. The first-order valence-electron chi connectivity index (χ1n) is 16.3. The van der Waals surface area contributed by atoms with Gasteiger partial charge in [-0.05, 0) is 108 Å². The highest BCUT2D eigenvalue weighted by molar-refractivity contribution is 9.12. The predicted octanol–water partition coefficient (Wildman–Crippen LogP) is 9.72. The molecule has 0 spiro atoms. The van der Waals surface area contributed by atoms with E-state index in [1.165, 1.54) is 12.3 Å². The topological polar surface area (TPSA) is 185 Å². The second-order valence-electron chi connectivity index (χ2n) is 11.0. The Morgan fingerprint density at radius 2 is 1.04 bits per heavy atom. The minimum atomic E-state index is -1.53. The van der Waals surface area contributed by atoms with E-state index in [9.17, 15) is 0 Å². The number of para-hydroxylation sites is 2. The van der Waals surface area contributed by atoms with Crippen molar-refractivity contribution in [3.8, 4) is 32.2 Å². The molecule has 20 heteroatoms. The van der Waals surface area contributed by atoms with Crippen molar-refractivity contribution in [2.24, 2.45) is 0 Å². The third-order valence-corrected chi connectivity index (χ3v) is 11.5. The van der Waals surface area contributed by atoms with Gasteiger partial charge in [0.15, 0.2) is 25.5 Å². The monoisotopic (exact) mass is 1010 g/mol. The molecule has 0 aliphatic rings. The standard InChI is InChI=1S/C15H9NO2S.C8H7BO3.C7H4BrNOS.C4H5BO3.C3HBr2NS/c1-2-5-11-10(4-1)8-13(18-11)14-9-16-15(19-14)12-6-3-7-17-12;10-9(11)8-5-6-3-1-2-4-7(6)12-8;8-6-4-9-7(11-6)5-2-1-3-10-5;6-5(7)4-2-1-3-8-4;4-2-1-6-3(5)7-2/h1-9H;1-5,10-11H;1-4H;1-3,6-7H;1H. The number of hydrogen-bond acceptors (Lipinski definition) is 15. The summed E-state index contributed by atoms with van der Waals surface area (Å²) in [4.78, 5) is 13.4. The summed E-state index contributed by atoms with van der Waals surface area (Å²) in [7, 11) is -3.01. The lowest BCUT2D eigenvalue weighted by Crippen LogP contribution is -2.27. The molecule has 8 aromatic heterocycles. The highest BCUT2D eigenvalue weighted by atomic mass is 79.9. The van der Waals surface area contributed by atoms with Crippen LogP contribution in [0.25, 0.3) is 54.1 Å². The summed E-state index contributed by atoms with van der Waals surface area (Å²) in [6, 6.07) is 29.5. The van der Waals surface area contributed by atoms with Crippen molar-refractivity contribution in [2.45, 2.75) is 0 Å². The molecule has 0 radical (unpaired) electrons. The molecule has 0 saturated carbocycles. The number of hydrogen-bond donors (Lipinski definition) is 4. The summed E-state index contributed by atoms with van der Waals surface area (Å²) in [6.07, 6.45) is 10.0. The average Bonchev–Trinajstić information content (AvgIpc) is 4.06. The van der Waals surface area contributed by atoms with Gasteiger partial charge in [0.25, 0.3) is 0 Å². The van der Waals surface area contributed by atoms with E-state index in [1.54, 1.807) is 77.1 Å². The summed E-state index contributed by atoms with van der Waals surface area (Å²) in [5.74, 6) is 2.45. The maximum atomic E-state index is 8.79. The second kappa shape index (κ2) is 20.9. The molecule has 0 aliphatic heterocycles. The van der Waals surface area contributed by atoms with Crippen LogP contribution in [0.1, 0.15) is 0 Å². The van der Waals surface area contributed by atoms with Gasteiger partial charge in [-0.25, -0.2) is 15.0 Å². The van der Waals surface area contributed by atoms with Crippen LogP contribution >= 0.6 is 81.8 Å². The van der Waals surface area contributed by atoms with Gasteiger partial charge in [-0.3, -0.25) is 0 Å². The van der Waals surface area contributed by atoms with E-state index >= 15 is 0 Å². The van der Waals surface area contributed by atoms with Crippen LogP contribution in [0, 0.1) is 0 Å². The highest BCUT2D eigenvalue weighted by Crippen LogP contribution is 2.35. The van der Waals surface area contributed by atoms with E-state index in [2.05, 4.69) is 67.2 Å². The van der Waals surface area contributed by atoms with Crippen molar-refractivity contribution in [2.75, 3.05) is 0 Å². The molecule has 0 atom stereocenters. The van der Waals surface area contributed by atoms with Crippen LogP contribution in [0.15, 0.2) is 168 Å². The number of furan rings is 5. The lowest BCUT2D eigenvalue weighted by molar-refractivity contribution is 0.409. The van der Waals surface area contributed by atoms with Gasteiger partial charge < -0.3 is 42.2 Å². The third-order valence-electron chi connectivity index (χ3n) is 7.06. The summed E-state index contributed by atoms with van der Waals surface area (Å²) in [5.41, 5.74) is 1.91. The van der Waals surface area contributed by atoms with Crippen LogP contribution < -0.4 is 11.3 Å². The Morgan fingerprint density at radius 1 is 0.491 bits per heavy atom. The molecule has 0 fully saturated rings. The zero-order chi connectivity index (χ0) is 40.1. The van der Waals surface area contributed by atoms with Crippen molar-refractivity contribution in [1.82, 2.24) is 15.0 Å². The number of thiazole rings is 3. The number of fused-ring (bicyclic) bond motifs is 2. The molecular formula is C37H26B2Br3N3O9S3. The largest absolute Gasteiger partial charge is 0.526 e. The molecule has 8 heterocycles. The SMILES string of the molecule is Brc1cnc(-c2ccco2)s1.Brc1cnc(Br)s1.OB(O)c1cc2ccccc2o1.OB(O)c1ccco1.c1coc(-c2ncc(-c3cc4ccccc4o3)s2)c1. The molecular weight excluding hydrogens is 988 g/mol. The fourth-order valence-corrected chi connectivity index (χ4v) is 8.80. The number of nitrogens with zero attached hydrogens (tertiary/aromatic N) is 3. The van der Waals surface area contributed by atoms with Crippen LogP contribution in [0.2, 0.25) is 0 Å². The fraction of sp³-hybridized carbons (Fsp3) is 0. The molecule has 0 bridgehead atoms. The molecule has 288 valence electrons. The van der Waals surface area contributed by atoms with Crippen molar-refractivity contribution in [3.63, 3.8) is 0 Å². The molecule has 10 aromatic rings. The zero-order valence-electron chi connectivity index (χ0n) is 28.9. The lowest BCUT2D eigenvalue weighted by atomic mass is 9.88. The number of rotatable bonds is 5. The van der Waals surface area contributed by atoms with Crippen molar-refractivity contribution in [3.05, 3.63) is 146 Å². The van der Waals surface area contributed by atoms with Crippen LogP contribution in [-0.4, -0.2) is 49.3 Å². The Balaban J connectivity index is 0.000000127. The van der Waals surface area contributed by atoms with E-state index in [0.717, 1.165) is 60.0 Å². The molecule has 10 rings (SSSR count). The van der Waals surface area contributed by atoms with Crippen molar-refractivity contribution >= 4 is 129 Å². The lowest BCUT2D eigenvalue weighted by Gasteiger charge is -1.88. The van der Waals surface area contributed by atoms with Crippen LogP contribution in [0.4, 0.5) is 0 Å². The Labute approximate surface area is 361 Å². The summed E-state index contributed by atoms with van der Waals surface area (Å²) in [5, 5.41) is 38.1. The minimum absolute atomic E-state index is 0.171. The molecule has 2 aromatic carbocycles. The van der Waals surface area contributed by atoms with Gasteiger partial charge in [0.1, 0.15) is 28.2 Å². The average molecular weight is 1010 g/mol. The van der Waals surface area contributed by atoms with Gasteiger partial charge in [0, 0.05) is 17.0 Å². The van der Waals surface area contributed by atoms with E-state index in [0.29, 0.717) is 5.58 Å². The molecule has 0 unspecified atom stereocenters. The van der Waals surface area contributed by atoms with Gasteiger partial charge in [-0.15, -0.1) is 34.0 Å². The first kappa shape index (κ1) is 42.3. The maximum Gasteiger partial charge on any atom is 0.526 e. The van der Waals surface area contributed by atoms with Crippen LogP contribution in [-0.2, 0) is 0 Å². The third kappa shape index (κ3) is 12.3. The molecule has 4 N–H and O–H groups in total. The Bertz CT molecular complexity index is 2590. The quantitative estimate of drug-likeness (QED) is 0.120. The van der Waals surface area contributed by atoms with Gasteiger partial charge in [0.2, 0.25) is 0 Å².